The Balaban J connectivity index is 1.35. The number of benzene rings is 1. The Morgan fingerprint density at radius 2 is 1.69 bits per heavy atom. The SMILES string of the molecule is O=C(Nc1ccccc1N1CCOCC1)C1CC1C(=O)NC1CCCC1. The lowest BCUT2D eigenvalue weighted by atomic mass is 10.2. The van der Waals surface area contributed by atoms with Gasteiger partial charge < -0.3 is 20.3 Å². The zero-order valence-electron chi connectivity index (χ0n) is 15.1. The number of nitrogens with zero attached hydrogens (tertiary/aromatic N) is 1. The van der Waals surface area contributed by atoms with Gasteiger partial charge in [-0.3, -0.25) is 9.59 Å². The van der Waals surface area contributed by atoms with Crippen molar-refractivity contribution in [2.24, 2.45) is 11.8 Å². The fraction of sp³-hybridized carbons (Fsp3) is 0.600. The van der Waals surface area contributed by atoms with Crippen molar-refractivity contribution >= 4 is 23.2 Å². The quantitative estimate of drug-likeness (QED) is 0.847. The molecule has 1 heterocycles. The molecule has 26 heavy (non-hydrogen) atoms. The van der Waals surface area contributed by atoms with E-state index >= 15 is 0 Å². The van der Waals surface area contributed by atoms with E-state index in [4.69, 9.17) is 4.74 Å². The zero-order chi connectivity index (χ0) is 17.9. The number of para-hydroxylation sites is 2. The second-order valence-corrected chi connectivity index (χ2v) is 7.54. The molecule has 0 bridgehead atoms. The van der Waals surface area contributed by atoms with Crippen LogP contribution in [-0.4, -0.2) is 44.2 Å². The molecule has 0 spiro atoms. The molecule has 2 unspecified atom stereocenters. The third kappa shape index (κ3) is 3.85. The summed E-state index contributed by atoms with van der Waals surface area (Å²) in [4.78, 5) is 27.2. The van der Waals surface area contributed by atoms with Crippen LogP contribution in [0.25, 0.3) is 0 Å². The predicted octanol–water partition coefficient (Wildman–Crippen LogP) is 2.16. The molecule has 2 amide bonds. The van der Waals surface area contributed by atoms with Gasteiger partial charge in [0.15, 0.2) is 0 Å². The van der Waals surface area contributed by atoms with Crippen molar-refractivity contribution < 1.29 is 14.3 Å². The molecule has 0 aromatic heterocycles. The first kappa shape index (κ1) is 17.3. The van der Waals surface area contributed by atoms with Crippen molar-refractivity contribution in [1.29, 1.82) is 0 Å². The fourth-order valence-electron chi connectivity index (χ4n) is 4.04. The number of carbonyl (C=O) groups is 2. The Bertz CT molecular complexity index is 666. The summed E-state index contributed by atoms with van der Waals surface area (Å²) in [5, 5.41) is 6.16. The zero-order valence-corrected chi connectivity index (χ0v) is 15.1. The van der Waals surface area contributed by atoms with Crippen LogP contribution >= 0.6 is 0 Å². The number of amides is 2. The highest BCUT2D eigenvalue weighted by Gasteiger charge is 2.48. The van der Waals surface area contributed by atoms with Gasteiger partial charge in [0, 0.05) is 19.1 Å². The standard InChI is InChI=1S/C20H27N3O3/c24-19(21-14-5-1-2-6-14)15-13-16(15)20(25)22-17-7-3-4-8-18(17)23-9-11-26-12-10-23/h3-4,7-8,14-16H,1-2,5-6,9-13H2,(H,21,24)(H,22,25). The maximum absolute atomic E-state index is 12.6. The Kier molecular flexibility index (Phi) is 5.11. The maximum Gasteiger partial charge on any atom is 0.228 e. The van der Waals surface area contributed by atoms with Crippen molar-refractivity contribution in [1.82, 2.24) is 5.32 Å². The molecule has 6 heteroatoms. The smallest absolute Gasteiger partial charge is 0.228 e. The fourth-order valence-corrected chi connectivity index (χ4v) is 4.04. The number of anilines is 2. The molecule has 2 aliphatic carbocycles. The number of hydrogen-bond donors (Lipinski definition) is 2. The number of hydrogen-bond acceptors (Lipinski definition) is 4. The molecule has 140 valence electrons. The minimum absolute atomic E-state index is 0.0442. The summed E-state index contributed by atoms with van der Waals surface area (Å²) < 4.78 is 5.41. The molecule has 3 fully saturated rings. The lowest BCUT2D eigenvalue weighted by Crippen LogP contribution is -2.37. The van der Waals surface area contributed by atoms with Crippen molar-refractivity contribution in [2.45, 2.75) is 38.1 Å². The first-order valence-corrected chi connectivity index (χ1v) is 9.75. The highest BCUT2D eigenvalue weighted by molar-refractivity contribution is 6.01. The minimum atomic E-state index is -0.200. The summed E-state index contributed by atoms with van der Waals surface area (Å²) >= 11 is 0. The van der Waals surface area contributed by atoms with Gasteiger partial charge in [-0.25, -0.2) is 0 Å². The van der Waals surface area contributed by atoms with Crippen LogP contribution in [0.5, 0.6) is 0 Å². The van der Waals surface area contributed by atoms with E-state index in [9.17, 15) is 9.59 Å². The van der Waals surface area contributed by atoms with E-state index in [2.05, 4.69) is 15.5 Å². The summed E-state index contributed by atoms with van der Waals surface area (Å²) in [6.45, 7) is 3.05. The van der Waals surface area contributed by atoms with E-state index < -0.39 is 0 Å². The van der Waals surface area contributed by atoms with Crippen LogP contribution in [0.2, 0.25) is 0 Å². The van der Waals surface area contributed by atoms with Gasteiger partial charge in [0.05, 0.1) is 36.4 Å². The largest absolute Gasteiger partial charge is 0.378 e. The lowest BCUT2D eigenvalue weighted by Gasteiger charge is -2.30. The molecule has 1 aliphatic heterocycles. The molecule has 2 N–H and O–H groups in total. The van der Waals surface area contributed by atoms with Gasteiger partial charge in [0.25, 0.3) is 0 Å². The molecule has 6 nitrogen and oxygen atoms in total. The molecule has 1 aromatic carbocycles. The normalized spacial score (nSPS) is 25.8. The number of nitrogens with one attached hydrogen (secondary N) is 2. The van der Waals surface area contributed by atoms with E-state index in [1.54, 1.807) is 0 Å². The minimum Gasteiger partial charge on any atom is -0.378 e. The third-order valence-electron chi connectivity index (χ3n) is 5.68. The number of morpholine rings is 1. The van der Waals surface area contributed by atoms with Gasteiger partial charge in [-0.05, 0) is 31.4 Å². The summed E-state index contributed by atoms with van der Waals surface area (Å²) in [6.07, 6.45) is 5.18. The molecular weight excluding hydrogens is 330 g/mol. The van der Waals surface area contributed by atoms with Crippen LogP contribution in [0.1, 0.15) is 32.1 Å². The van der Waals surface area contributed by atoms with Crippen molar-refractivity contribution in [3.8, 4) is 0 Å². The predicted molar refractivity (Wildman–Crippen MR) is 100 cm³/mol. The summed E-state index contributed by atoms with van der Waals surface area (Å²) in [5.74, 6) is -0.351. The molecule has 4 rings (SSSR count). The molecule has 1 aromatic rings. The Morgan fingerprint density at radius 1 is 1.00 bits per heavy atom. The van der Waals surface area contributed by atoms with E-state index in [1.807, 2.05) is 24.3 Å². The van der Waals surface area contributed by atoms with Gasteiger partial charge in [0.1, 0.15) is 0 Å². The first-order chi connectivity index (χ1) is 12.7. The van der Waals surface area contributed by atoms with E-state index in [1.165, 1.54) is 12.8 Å². The van der Waals surface area contributed by atoms with Crippen LogP contribution in [-0.2, 0) is 14.3 Å². The van der Waals surface area contributed by atoms with E-state index in [-0.39, 0.29) is 23.7 Å². The highest BCUT2D eigenvalue weighted by atomic mass is 16.5. The average Bonchev–Trinajstić information content (AvgIpc) is 3.33. The second kappa shape index (κ2) is 7.66. The summed E-state index contributed by atoms with van der Waals surface area (Å²) in [7, 11) is 0. The van der Waals surface area contributed by atoms with Crippen LogP contribution in [0.15, 0.2) is 24.3 Å². The molecule has 3 aliphatic rings. The Hall–Kier alpha value is -2.08. The van der Waals surface area contributed by atoms with Gasteiger partial charge in [-0.1, -0.05) is 25.0 Å². The summed E-state index contributed by atoms with van der Waals surface area (Å²) in [6, 6.07) is 8.18. The molecule has 2 atom stereocenters. The maximum atomic E-state index is 12.6. The number of ether oxygens (including phenoxy) is 1. The average molecular weight is 357 g/mol. The number of rotatable bonds is 5. The first-order valence-electron chi connectivity index (χ1n) is 9.75. The van der Waals surface area contributed by atoms with Crippen LogP contribution in [0.3, 0.4) is 0 Å². The van der Waals surface area contributed by atoms with Crippen molar-refractivity contribution in [3.05, 3.63) is 24.3 Å². The van der Waals surface area contributed by atoms with Gasteiger partial charge >= 0.3 is 0 Å². The van der Waals surface area contributed by atoms with Crippen molar-refractivity contribution in [3.63, 3.8) is 0 Å². The third-order valence-corrected chi connectivity index (χ3v) is 5.68. The molecular formula is C20H27N3O3. The van der Waals surface area contributed by atoms with Crippen LogP contribution in [0.4, 0.5) is 11.4 Å². The Labute approximate surface area is 154 Å². The highest BCUT2D eigenvalue weighted by Crippen LogP contribution is 2.40. The Morgan fingerprint density at radius 3 is 2.46 bits per heavy atom. The van der Waals surface area contributed by atoms with E-state index in [0.29, 0.717) is 25.7 Å². The molecule has 2 saturated carbocycles. The lowest BCUT2D eigenvalue weighted by molar-refractivity contribution is -0.125. The van der Waals surface area contributed by atoms with Gasteiger partial charge in [0.2, 0.25) is 11.8 Å². The van der Waals surface area contributed by atoms with Gasteiger partial charge in [-0.15, -0.1) is 0 Å². The van der Waals surface area contributed by atoms with E-state index in [0.717, 1.165) is 37.3 Å². The number of carbonyl (C=O) groups excluding carboxylic acids is 2. The monoisotopic (exact) mass is 357 g/mol. The van der Waals surface area contributed by atoms with Gasteiger partial charge in [-0.2, -0.15) is 0 Å². The van der Waals surface area contributed by atoms with Crippen molar-refractivity contribution in [2.75, 3.05) is 36.5 Å². The van der Waals surface area contributed by atoms with Crippen LogP contribution in [0, 0.1) is 11.8 Å². The molecule has 1 saturated heterocycles. The van der Waals surface area contributed by atoms with Crippen LogP contribution < -0.4 is 15.5 Å². The summed E-state index contributed by atoms with van der Waals surface area (Å²) in [5.41, 5.74) is 1.85. The second-order valence-electron chi connectivity index (χ2n) is 7.54. The molecule has 0 radical (unpaired) electrons. The topological polar surface area (TPSA) is 70.7 Å².